The Morgan fingerprint density at radius 1 is 1.29 bits per heavy atom. The Labute approximate surface area is 83.0 Å². The average molecular weight is 187 g/mol. The second kappa shape index (κ2) is 3.49. The van der Waals surface area contributed by atoms with Gasteiger partial charge in [-0.05, 0) is 12.1 Å². The van der Waals surface area contributed by atoms with Crippen LogP contribution in [-0.2, 0) is 0 Å². The third-order valence-corrected chi connectivity index (χ3v) is 1.90. The normalized spacial score (nSPS) is 14.4. The molecule has 0 saturated carbocycles. The number of aliphatic imine (C=N–C) groups is 1. The number of amidine groups is 1. The van der Waals surface area contributed by atoms with Crippen molar-refractivity contribution >= 4 is 5.84 Å². The fraction of sp³-hybridized carbons (Fsp3) is 0.200. The molecule has 4 heteroatoms. The molecule has 0 atom stereocenters. The number of pyridine rings is 1. The van der Waals surface area contributed by atoms with Crippen molar-refractivity contribution in [3.05, 3.63) is 42.1 Å². The van der Waals surface area contributed by atoms with Gasteiger partial charge in [-0.1, -0.05) is 0 Å². The third-order valence-electron chi connectivity index (χ3n) is 1.90. The minimum absolute atomic E-state index is 0.724. The van der Waals surface area contributed by atoms with Gasteiger partial charge in [0.05, 0.1) is 6.20 Å². The second-order valence-electron chi connectivity index (χ2n) is 3.19. The van der Waals surface area contributed by atoms with Gasteiger partial charge < -0.3 is 4.90 Å². The van der Waals surface area contributed by atoms with Crippen molar-refractivity contribution in [3.8, 4) is 0 Å². The van der Waals surface area contributed by atoms with Crippen LogP contribution in [0.15, 0.2) is 41.5 Å². The molecule has 1 radical (unpaired) electrons. The molecule has 4 nitrogen and oxygen atoms in total. The third kappa shape index (κ3) is 1.59. The summed E-state index contributed by atoms with van der Waals surface area (Å²) in [5.41, 5.74) is 0.945. The SMILES string of the molecule is CN(C)C1=C[N]C(c2cccnc2)=N1. The first-order valence-corrected chi connectivity index (χ1v) is 4.35. The van der Waals surface area contributed by atoms with Gasteiger partial charge in [-0.15, -0.1) is 0 Å². The molecule has 0 aromatic carbocycles. The first-order valence-electron chi connectivity index (χ1n) is 4.35. The van der Waals surface area contributed by atoms with Crippen molar-refractivity contribution < 1.29 is 0 Å². The molecule has 71 valence electrons. The van der Waals surface area contributed by atoms with Crippen LogP contribution in [0.4, 0.5) is 0 Å². The Kier molecular flexibility index (Phi) is 2.18. The van der Waals surface area contributed by atoms with E-state index in [1.807, 2.05) is 31.1 Å². The monoisotopic (exact) mass is 187 g/mol. The quantitative estimate of drug-likeness (QED) is 0.687. The topological polar surface area (TPSA) is 42.6 Å². The standard InChI is InChI=1S/C10H11N4/c1-14(2)9-7-12-10(13-9)8-4-3-5-11-6-8/h3-7H,1-2H3. The maximum Gasteiger partial charge on any atom is 0.163 e. The zero-order chi connectivity index (χ0) is 9.97. The Balaban J connectivity index is 2.22. The highest BCUT2D eigenvalue weighted by Crippen LogP contribution is 2.10. The fourth-order valence-corrected chi connectivity index (χ4v) is 1.13. The number of hydrogen-bond acceptors (Lipinski definition) is 3. The van der Waals surface area contributed by atoms with Gasteiger partial charge in [0.25, 0.3) is 0 Å². The minimum atomic E-state index is 0.724. The summed E-state index contributed by atoms with van der Waals surface area (Å²) in [5.74, 6) is 1.59. The molecule has 1 aliphatic heterocycles. The van der Waals surface area contributed by atoms with E-state index in [-0.39, 0.29) is 0 Å². The lowest BCUT2D eigenvalue weighted by Crippen LogP contribution is -2.08. The molecule has 0 bridgehead atoms. The summed E-state index contributed by atoms with van der Waals surface area (Å²) >= 11 is 0. The van der Waals surface area contributed by atoms with Gasteiger partial charge in [0.15, 0.2) is 5.84 Å². The van der Waals surface area contributed by atoms with Gasteiger partial charge in [0, 0.05) is 32.1 Å². The number of hydrogen-bond donors (Lipinski definition) is 0. The molecule has 0 saturated heterocycles. The van der Waals surface area contributed by atoms with Crippen molar-refractivity contribution in [2.75, 3.05) is 14.1 Å². The predicted molar refractivity (Wildman–Crippen MR) is 54.7 cm³/mol. The highest BCUT2D eigenvalue weighted by Gasteiger charge is 2.12. The molecule has 2 heterocycles. The summed E-state index contributed by atoms with van der Waals surface area (Å²) in [6, 6.07) is 3.82. The molecule has 0 aliphatic carbocycles. The first-order chi connectivity index (χ1) is 6.77. The molecule has 0 fully saturated rings. The molecule has 1 aromatic rings. The molecular weight excluding hydrogens is 176 g/mol. The van der Waals surface area contributed by atoms with E-state index in [2.05, 4.69) is 15.3 Å². The summed E-state index contributed by atoms with van der Waals surface area (Å²) in [4.78, 5) is 10.3. The van der Waals surface area contributed by atoms with Crippen LogP contribution >= 0.6 is 0 Å². The number of nitrogens with zero attached hydrogens (tertiary/aromatic N) is 4. The van der Waals surface area contributed by atoms with E-state index in [9.17, 15) is 0 Å². The van der Waals surface area contributed by atoms with Crippen molar-refractivity contribution in [2.24, 2.45) is 4.99 Å². The van der Waals surface area contributed by atoms with Gasteiger partial charge >= 0.3 is 0 Å². The Morgan fingerprint density at radius 3 is 2.71 bits per heavy atom. The van der Waals surface area contributed by atoms with Crippen LogP contribution in [0, 0.1) is 0 Å². The van der Waals surface area contributed by atoms with Crippen molar-refractivity contribution in [2.45, 2.75) is 0 Å². The maximum atomic E-state index is 4.35. The molecule has 0 unspecified atom stereocenters. The van der Waals surface area contributed by atoms with E-state index in [1.165, 1.54) is 0 Å². The van der Waals surface area contributed by atoms with E-state index in [4.69, 9.17) is 0 Å². The lowest BCUT2D eigenvalue weighted by atomic mass is 10.3. The van der Waals surface area contributed by atoms with E-state index in [0.29, 0.717) is 0 Å². The molecule has 2 rings (SSSR count). The zero-order valence-electron chi connectivity index (χ0n) is 8.18. The van der Waals surface area contributed by atoms with Gasteiger partial charge in [0.1, 0.15) is 5.82 Å². The average Bonchev–Trinajstić information content (AvgIpc) is 2.68. The highest BCUT2D eigenvalue weighted by atomic mass is 15.2. The first kappa shape index (κ1) is 8.74. The van der Waals surface area contributed by atoms with Crippen LogP contribution in [0.5, 0.6) is 0 Å². The Morgan fingerprint density at radius 2 is 2.14 bits per heavy atom. The molecule has 14 heavy (non-hydrogen) atoms. The fourth-order valence-electron chi connectivity index (χ4n) is 1.13. The van der Waals surface area contributed by atoms with E-state index in [1.54, 1.807) is 18.6 Å². The minimum Gasteiger partial charge on any atom is -0.361 e. The zero-order valence-corrected chi connectivity index (χ0v) is 8.18. The van der Waals surface area contributed by atoms with E-state index >= 15 is 0 Å². The van der Waals surface area contributed by atoms with E-state index < -0.39 is 0 Å². The van der Waals surface area contributed by atoms with Crippen LogP contribution in [0.25, 0.3) is 0 Å². The Bertz CT molecular complexity index is 378. The van der Waals surface area contributed by atoms with Crippen LogP contribution in [0.3, 0.4) is 0 Å². The molecule has 0 N–H and O–H groups in total. The molecule has 0 amide bonds. The molecule has 1 aliphatic rings. The summed E-state index contributed by atoms with van der Waals surface area (Å²) < 4.78 is 0. The predicted octanol–water partition coefficient (Wildman–Crippen LogP) is 0.807. The smallest absolute Gasteiger partial charge is 0.163 e. The van der Waals surface area contributed by atoms with Gasteiger partial charge in [-0.25, -0.2) is 10.3 Å². The van der Waals surface area contributed by atoms with Gasteiger partial charge in [0.2, 0.25) is 0 Å². The van der Waals surface area contributed by atoms with Crippen LogP contribution in [0.2, 0.25) is 0 Å². The van der Waals surface area contributed by atoms with Crippen molar-refractivity contribution in [1.82, 2.24) is 15.2 Å². The van der Waals surface area contributed by atoms with Crippen LogP contribution in [-0.4, -0.2) is 29.8 Å². The number of rotatable bonds is 2. The van der Waals surface area contributed by atoms with Gasteiger partial charge in [-0.2, -0.15) is 0 Å². The van der Waals surface area contributed by atoms with Crippen molar-refractivity contribution in [3.63, 3.8) is 0 Å². The number of aromatic nitrogens is 1. The lowest BCUT2D eigenvalue weighted by molar-refractivity contribution is 0.508. The van der Waals surface area contributed by atoms with Gasteiger partial charge in [-0.3, -0.25) is 4.98 Å². The van der Waals surface area contributed by atoms with Crippen LogP contribution in [0.1, 0.15) is 5.56 Å². The Hall–Kier alpha value is -1.84. The summed E-state index contributed by atoms with van der Waals surface area (Å²) in [6.45, 7) is 0. The summed E-state index contributed by atoms with van der Waals surface area (Å²) in [6.07, 6.45) is 5.25. The largest absolute Gasteiger partial charge is 0.361 e. The summed E-state index contributed by atoms with van der Waals surface area (Å²) in [5, 5.41) is 4.21. The molecule has 0 spiro atoms. The highest BCUT2D eigenvalue weighted by molar-refractivity contribution is 6.00. The van der Waals surface area contributed by atoms with Crippen molar-refractivity contribution in [1.29, 1.82) is 0 Å². The van der Waals surface area contributed by atoms with E-state index in [0.717, 1.165) is 17.2 Å². The summed E-state index contributed by atoms with van der Waals surface area (Å²) in [7, 11) is 3.88. The second-order valence-corrected chi connectivity index (χ2v) is 3.19. The maximum absolute atomic E-state index is 4.35. The molecule has 1 aromatic heterocycles. The molecular formula is C10H11N4. The lowest BCUT2D eigenvalue weighted by Gasteiger charge is -2.07. The van der Waals surface area contributed by atoms with Crippen LogP contribution < -0.4 is 5.32 Å².